The standard InChI is InChI=1S/C20H25N3O3/c1-14(24)21-11-8-17-22-18(26-23-17)20(12-19(13-20)9-3-10-19)15-4-6-16(25-2)7-5-15/h4-7H,3,8-13H2,1-2H3,(H,21,24). The van der Waals surface area contributed by atoms with Crippen LogP contribution in [0.1, 0.15) is 56.3 Å². The Morgan fingerprint density at radius 1 is 1.27 bits per heavy atom. The summed E-state index contributed by atoms with van der Waals surface area (Å²) in [7, 11) is 1.68. The molecule has 138 valence electrons. The average molecular weight is 355 g/mol. The molecule has 0 bridgehead atoms. The molecule has 6 nitrogen and oxygen atoms in total. The van der Waals surface area contributed by atoms with Crippen molar-refractivity contribution in [2.24, 2.45) is 5.41 Å². The second-order valence-corrected chi connectivity index (χ2v) is 7.77. The molecule has 26 heavy (non-hydrogen) atoms. The van der Waals surface area contributed by atoms with Gasteiger partial charge in [-0.25, -0.2) is 0 Å². The van der Waals surface area contributed by atoms with Gasteiger partial charge in [0, 0.05) is 19.9 Å². The van der Waals surface area contributed by atoms with Gasteiger partial charge in [0.15, 0.2) is 5.82 Å². The minimum absolute atomic E-state index is 0.0469. The number of carbonyl (C=O) groups is 1. The number of hydrogen-bond donors (Lipinski definition) is 1. The predicted molar refractivity (Wildman–Crippen MR) is 96.0 cm³/mol. The summed E-state index contributed by atoms with van der Waals surface area (Å²) in [6.45, 7) is 2.03. The minimum Gasteiger partial charge on any atom is -0.497 e. The molecule has 1 heterocycles. The minimum atomic E-state index is -0.189. The molecule has 1 amide bonds. The molecule has 2 aromatic rings. The van der Waals surface area contributed by atoms with Crippen LogP contribution >= 0.6 is 0 Å². The molecule has 2 aliphatic rings. The van der Waals surface area contributed by atoms with Crippen molar-refractivity contribution in [1.82, 2.24) is 15.5 Å². The van der Waals surface area contributed by atoms with Gasteiger partial charge in [-0.2, -0.15) is 4.98 Å². The summed E-state index contributed by atoms with van der Waals surface area (Å²) in [6.07, 6.45) is 6.64. The Kier molecular flexibility index (Phi) is 4.21. The molecule has 0 atom stereocenters. The zero-order chi connectivity index (χ0) is 18.2. The van der Waals surface area contributed by atoms with Gasteiger partial charge in [0.05, 0.1) is 12.5 Å². The lowest BCUT2D eigenvalue weighted by atomic mass is 9.43. The molecule has 2 aliphatic carbocycles. The molecule has 1 aromatic heterocycles. The van der Waals surface area contributed by atoms with Crippen molar-refractivity contribution in [1.29, 1.82) is 0 Å². The lowest BCUT2D eigenvalue weighted by Gasteiger charge is -2.59. The van der Waals surface area contributed by atoms with Gasteiger partial charge in [-0.1, -0.05) is 23.7 Å². The highest BCUT2D eigenvalue weighted by atomic mass is 16.5. The van der Waals surface area contributed by atoms with Gasteiger partial charge in [-0.3, -0.25) is 4.79 Å². The first kappa shape index (κ1) is 17.1. The van der Waals surface area contributed by atoms with Crippen molar-refractivity contribution in [3.8, 4) is 5.75 Å². The highest BCUT2D eigenvalue weighted by Gasteiger charge is 2.61. The number of amides is 1. The predicted octanol–water partition coefficient (Wildman–Crippen LogP) is 3.01. The van der Waals surface area contributed by atoms with Crippen molar-refractivity contribution >= 4 is 5.91 Å². The van der Waals surface area contributed by atoms with Crippen molar-refractivity contribution in [3.05, 3.63) is 41.5 Å². The maximum absolute atomic E-state index is 11.0. The second kappa shape index (κ2) is 6.41. The third-order valence-corrected chi connectivity index (χ3v) is 6.01. The molecule has 0 unspecified atom stereocenters. The summed E-state index contributed by atoms with van der Waals surface area (Å²) in [4.78, 5) is 15.7. The fraction of sp³-hybridized carbons (Fsp3) is 0.550. The topological polar surface area (TPSA) is 77.2 Å². The number of nitrogens with zero attached hydrogens (tertiary/aromatic N) is 2. The third-order valence-electron chi connectivity index (χ3n) is 6.01. The van der Waals surface area contributed by atoms with E-state index < -0.39 is 0 Å². The summed E-state index contributed by atoms with van der Waals surface area (Å²) in [5.41, 5.74) is 1.49. The van der Waals surface area contributed by atoms with Crippen LogP contribution in [0.5, 0.6) is 5.75 Å². The Morgan fingerprint density at radius 2 is 2.00 bits per heavy atom. The van der Waals surface area contributed by atoms with E-state index in [1.165, 1.54) is 31.7 Å². The zero-order valence-corrected chi connectivity index (χ0v) is 15.4. The third kappa shape index (κ3) is 2.87. The number of methoxy groups -OCH3 is 1. The molecular weight excluding hydrogens is 330 g/mol. The average Bonchev–Trinajstić information content (AvgIpc) is 3.02. The number of ether oxygens (including phenoxy) is 1. The maximum Gasteiger partial charge on any atom is 0.237 e. The van der Waals surface area contributed by atoms with E-state index in [0.717, 1.165) is 18.6 Å². The van der Waals surface area contributed by atoms with E-state index in [2.05, 4.69) is 27.6 Å². The van der Waals surface area contributed by atoms with Crippen LogP contribution < -0.4 is 10.1 Å². The summed E-state index contributed by atoms with van der Waals surface area (Å²) < 4.78 is 11.0. The Morgan fingerprint density at radius 3 is 2.58 bits per heavy atom. The van der Waals surface area contributed by atoms with E-state index in [4.69, 9.17) is 9.26 Å². The Labute approximate surface area is 153 Å². The van der Waals surface area contributed by atoms with Crippen molar-refractivity contribution in [2.75, 3.05) is 13.7 Å². The van der Waals surface area contributed by atoms with Crippen molar-refractivity contribution in [3.63, 3.8) is 0 Å². The number of hydrogen-bond acceptors (Lipinski definition) is 5. The molecule has 1 N–H and O–H groups in total. The highest BCUT2D eigenvalue weighted by molar-refractivity contribution is 5.72. The van der Waals surface area contributed by atoms with Gasteiger partial charge in [0.1, 0.15) is 5.75 Å². The molecule has 0 aliphatic heterocycles. The Balaban J connectivity index is 1.57. The van der Waals surface area contributed by atoms with E-state index in [0.29, 0.717) is 30.1 Å². The summed E-state index contributed by atoms with van der Waals surface area (Å²) in [6, 6.07) is 8.23. The van der Waals surface area contributed by atoms with Crippen LogP contribution in [0.25, 0.3) is 0 Å². The lowest BCUT2D eigenvalue weighted by molar-refractivity contribution is -0.118. The Bertz CT molecular complexity index is 785. The molecule has 2 saturated carbocycles. The fourth-order valence-electron chi connectivity index (χ4n) is 4.55. The zero-order valence-electron chi connectivity index (χ0n) is 15.4. The molecule has 6 heteroatoms. The van der Waals surface area contributed by atoms with E-state index in [9.17, 15) is 4.79 Å². The number of aromatic nitrogens is 2. The summed E-state index contributed by atoms with van der Waals surface area (Å²) in [5, 5.41) is 6.92. The van der Waals surface area contributed by atoms with Crippen LogP contribution in [0.3, 0.4) is 0 Å². The van der Waals surface area contributed by atoms with E-state index >= 15 is 0 Å². The first-order valence-corrected chi connectivity index (χ1v) is 9.27. The molecule has 4 rings (SSSR count). The first-order valence-electron chi connectivity index (χ1n) is 9.27. The smallest absolute Gasteiger partial charge is 0.237 e. The summed E-state index contributed by atoms with van der Waals surface area (Å²) in [5.74, 6) is 2.16. The largest absolute Gasteiger partial charge is 0.497 e. The van der Waals surface area contributed by atoms with Crippen molar-refractivity contribution in [2.45, 2.75) is 50.9 Å². The van der Waals surface area contributed by atoms with E-state index in [1.54, 1.807) is 7.11 Å². The highest BCUT2D eigenvalue weighted by Crippen LogP contribution is 2.66. The maximum atomic E-state index is 11.0. The van der Waals surface area contributed by atoms with Gasteiger partial charge in [0.2, 0.25) is 11.8 Å². The van der Waals surface area contributed by atoms with Gasteiger partial charge in [-0.15, -0.1) is 0 Å². The number of benzene rings is 1. The fourth-order valence-corrected chi connectivity index (χ4v) is 4.55. The molecule has 1 spiro atoms. The van der Waals surface area contributed by atoms with Crippen LogP contribution in [-0.2, 0) is 16.6 Å². The van der Waals surface area contributed by atoms with E-state index in [1.807, 2.05) is 12.1 Å². The molecule has 0 radical (unpaired) electrons. The second-order valence-electron chi connectivity index (χ2n) is 7.77. The molecule has 0 saturated heterocycles. The normalized spacial score (nSPS) is 19.5. The van der Waals surface area contributed by atoms with Gasteiger partial charge in [-0.05, 0) is 48.8 Å². The van der Waals surface area contributed by atoms with Crippen LogP contribution in [0, 0.1) is 5.41 Å². The van der Waals surface area contributed by atoms with Crippen molar-refractivity contribution < 1.29 is 14.1 Å². The summed E-state index contributed by atoms with van der Waals surface area (Å²) >= 11 is 0. The van der Waals surface area contributed by atoms with Crippen LogP contribution in [0.4, 0.5) is 0 Å². The van der Waals surface area contributed by atoms with Gasteiger partial charge < -0.3 is 14.6 Å². The van der Waals surface area contributed by atoms with Gasteiger partial charge >= 0.3 is 0 Å². The molecule has 1 aromatic carbocycles. The lowest BCUT2D eigenvalue weighted by Crippen LogP contribution is -2.53. The quantitative estimate of drug-likeness (QED) is 0.862. The molecular formula is C20H25N3O3. The number of carbonyl (C=O) groups excluding carboxylic acids is 1. The SMILES string of the molecule is COc1ccc(C2(c3nc(CCNC(C)=O)no3)CC3(CCC3)C2)cc1. The number of nitrogens with one attached hydrogen (secondary N) is 1. The first-order chi connectivity index (χ1) is 12.6. The van der Waals surface area contributed by atoms with E-state index in [-0.39, 0.29) is 11.3 Å². The van der Waals surface area contributed by atoms with Crippen LogP contribution in [-0.4, -0.2) is 29.7 Å². The number of rotatable bonds is 6. The van der Waals surface area contributed by atoms with Gasteiger partial charge in [0.25, 0.3) is 0 Å². The Hall–Kier alpha value is -2.37. The molecule has 2 fully saturated rings. The van der Waals surface area contributed by atoms with Crippen LogP contribution in [0.2, 0.25) is 0 Å². The monoisotopic (exact) mass is 355 g/mol. The van der Waals surface area contributed by atoms with Crippen LogP contribution in [0.15, 0.2) is 28.8 Å².